The Labute approximate surface area is 96.2 Å². The topological polar surface area (TPSA) is 72.5 Å². The van der Waals surface area contributed by atoms with Crippen molar-refractivity contribution in [3.63, 3.8) is 0 Å². The Balaban J connectivity index is 3.03. The predicted octanol–water partition coefficient (Wildman–Crippen LogP) is 1.23. The van der Waals surface area contributed by atoms with Gasteiger partial charge in [-0.2, -0.15) is 0 Å². The number of aliphatic hydroxyl groups is 1. The number of esters is 1. The van der Waals surface area contributed by atoms with E-state index in [1.165, 1.54) is 7.11 Å². The first-order chi connectivity index (χ1) is 7.10. The Bertz CT molecular complexity index is 368. The molecule has 0 aromatic heterocycles. The van der Waals surface area contributed by atoms with Crippen molar-refractivity contribution in [2.24, 2.45) is 5.73 Å². The monoisotopic (exact) mass is 273 g/mol. The molecule has 0 heterocycles. The fourth-order valence-electron chi connectivity index (χ4n) is 1.17. The van der Waals surface area contributed by atoms with E-state index < -0.39 is 12.0 Å². The van der Waals surface area contributed by atoms with Gasteiger partial charge in [-0.25, -0.2) is 4.79 Å². The standard InChI is InChI=1S/C10H12BrNO3/c1-15-10(14)6-2-3-7(8(11)4-6)9(12)5-13/h2-4,9,13H,5,12H2,1H3. The molecule has 4 nitrogen and oxygen atoms in total. The van der Waals surface area contributed by atoms with Gasteiger partial charge in [0.25, 0.3) is 0 Å². The second-order valence-electron chi connectivity index (χ2n) is 3.02. The maximum Gasteiger partial charge on any atom is 0.337 e. The van der Waals surface area contributed by atoms with Crippen LogP contribution in [0.3, 0.4) is 0 Å². The van der Waals surface area contributed by atoms with Crippen molar-refractivity contribution in [3.8, 4) is 0 Å². The van der Waals surface area contributed by atoms with E-state index in [0.29, 0.717) is 10.0 Å². The molecule has 0 saturated carbocycles. The average molecular weight is 274 g/mol. The average Bonchev–Trinajstić information content (AvgIpc) is 2.26. The number of halogens is 1. The van der Waals surface area contributed by atoms with E-state index in [9.17, 15) is 4.79 Å². The Kier molecular flexibility index (Phi) is 4.26. The zero-order valence-electron chi connectivity index (χ0n) is 8.24. The molecule has 5 heteroatoms. The highest BCUT2D eigenvalue weighted by Crippen LogP contribution is 2.23. The van der Waals surface area contributed by atoms with Crippen LogP contribution in [0.15, 0.2) is 22.7 Å². The fraction of sp³-hybridized carbons (Fsp3) is 0.300. The molecule has 0 aliphatic rings. The second-order valence-corrected chi connectivity index (χ2v) is 3.87. The van der Waals surface area contributed by atoms with Crippen molar-refractivity contribution < 1.29 is 14.6 Å². The minimum absolute atomic E-state index is 0.143. The molecule has 0 amide bonds. The van der Waals surface area contributed by atoms with E-state index in [1.807, 2.05) is 0 Å². The summed E-state index contributed by atoms with van der Waals surface area (Å²) in [4.78, 5) is 11.2. The molecule has 0 saturated heterocycles. The number of hydrogen-bond acceptors (Lipinski definition) is 4. The summed E-state index contributed by atoms with van der Waals surface area (Å²) in [5.41, 5.74) is 6.86. The molecular weight excluding hydrogens is 262 g/mol. The summed E-state index contributed by atoms with van der Waals surface area (Å²) in [5.74, 6) is -0.403. The maximum absolute atomic E-state index is 11.2. The molecule has 1 unspecified atom stereocenters. The Morgan fingerprint density at radius 2 is 2.33 bits per heavy atom. The fourth-order valence-corrected chi connectivity index (χ4v) is 1.84. The maximum atomic E-state index is 11.2. The van der Waals surface area contributed by atoms with Gasteiger partial charge in [0.1, 0.15) is 0 Å². The molecule has 0 aliphatic heterocycles. The summed E-state index contributed by atoms with van der Waals surface area (Å²) in [5, 5.41) is 8.90. The van der Waals surface area contributed by atoms with Gasteiger partial charge in [-0.05, 0) is 17.7 Å². The van der Waals surface area contributed by atoms with E-state index in [-0.39, 0.29) is 6.61 Å². The quantitative estimate of drug-likeness (QED) is 0.813. The van der Waals surface area contributed by atoms with Crippen LogP contribution in [-0.2, 0) is 4.74 Å². The molecule has 3 N–H and O–H groups in total. The van der Waals surface area contributed by atoms with Crippen LogP contribution in [0, 0.1) is 0 Å². The Morgan fingerprint density at radius 1 is 1.67 bits per heavy atom. The molecule has 1 aromatic carbocycles. The zero-order valence-corrected chi connectivity index (χ0v) is 9.82. The number of carbonyl (C=O) groups is 1. The van der Waals surface area contributed by atoms with Crippen molar-refractivity contribution in [2.45, 2.75) is 6.04 Å². The van der Waals surface area contributed by atoms with Crippen LogP contribution in [0.1, 0.15) is 22.0 Å². The van der Waals surface area contributed by atoms with Crippen molar-refractivity contribution in [3.05, 3.63) is 33.8 Å². The number of hydrogen-bond donors (Lipinski definition) is 2. The summed E-state index contributed by atoms with van der Waals surface area (Å²) in [6.45, 7) is -0.143. The van der Waals surface area contributed by atoms with Gasteiger partial charge in [0.15, 0.2) is 0 Å². The molecule has 15 heavy (non-hydrogen) atoms. The third-order valence-corrected chi connectivity index (χ3v) is 2.70. The first kappa shape index (κ1) is 12.2. The van der Waals surface area contributed by atoms with Crippen molar-refractivity contribution in [1.82, 2.24) is 0 Å². The highest BCUT2D eigenvalue weighted by molar-refractivity contribution is 9.10. The molecule has 0 radical (unpaired) electrons. The van der Waals surface area contributed by atoms with Gasteiger partial charge >= 0.3 is 5.97 Å². The minimum atomic E-state index is -0.453. The summed E-state index contributed by atoms with van der Waals surface area (Å²) in [6, 6.07) is 4.47. The summed E-state index contributed by atoms with van der Waals surface area (Å²) >= 11 is 3.29. The number of carbonyl (C=O) groups excluding carboxylic acids is 1. The summed E-state index contributed by atoms with van der Waals surface area (Å²) in [6.07, 6.45) is 0. The Hall–Kier alpha value is -0.910. The SMILES string of the molecule is COC(=O)c1ccc(C(N)CO)c(Br)c1. The number of benzene rings is 1. The molecule has 0 fully saturated rings. The predicted molar refractivity (Wildman–Crippen MR) is 59.5 cm³/mol. The number of methoxy groups -OCH3 is 1. The summed E-state index contributed by atoms with van der Waals surface area (Å²) in [7, 11) is 1.32. The highest BCUT2D eigenvalue weighted by Gasteiger charge is 2.12. The number of nitrogens with two attached hydrogens (primary N) is 1. The Morgan fingerprint density at radius 3 is 2.80 bits per heavy atom. The van der Waals surface area contributed by atoms with E-state index in [1.54, 1.807) is 18.2 Å². The molecular formula is C10H12BrNO3. The first-order valence-electron chi connectivity index (χ1n) is 4.34. The van der Waals surface area contributed by atoms with Gasteiger partial charge in [0.05, 0.1) is 25.3 Å². The molecule has 1 atom stereocenters. The summed E-state index contributed by atoms with van der Waals surface area (Å²) < 4.78 is 5.26. The lowest BCUT2D eigenvalue weighted by Crippen LogP contribution is -2.15. The highest BCUT2D eigenvalue weighted by atomic mass is 79.9. The van der Waals surface area contributed by atoms with Crippen LogP contribution in [0.5, 0.6) is 0 Å². The lowest BCUT2D eigenvalue weighted by molar-refractivity contribution is 0.0600. The van der Waals surface area contributed by atoms with Crippen LogP contribution in [0.25, 0.3) is 0 Å². The smallest absolute Gasteiger partial charge is 0.337 e. The molecule has 0 bridgehead atoms. The van der Waals surface area contributed by atoms with Gasteiger partial charge in [-0.15, -0.1) is 0 Å². The van der Waals surface area contributed by atoms with Gasteiger partial charge in [-0.3, -0.25) is 0 Å². The van der Waals surface area contributed by atoms with E-state index in [2.05, 4.69) is 20.7 Å². The van der Waals surface area contributed by atoms with Crippen molar-refractivity contribution in [2.75, 3.05) is 13.7 Å². The number of aliphatic hydroxyl groups excluding tert-OH is 1. The van der Waals surface area contributed by atoms with Gasteiger partial charge < -0.3 is 15.6 Å². The van der Waals surface area contributed by atoms with Crippen molar-refractivity contribution in [1.29, 1.82) is 0 Å². The normalized spacial score (nSPS) is 12.3. The lowest BCUT2D eigenvalue weighted by Gasteiger charge is -2.11. The van der Waals surface area contributed by atoms with Crippen LogP contribution >= 0.6 is 15.9 Å². The van der Waals surface area contributed by atoms with Crippen LogP contribution < -0.4 is 5.73 Å². The first-order valence-corrected chi connectivity index (χ1v) is 5.13. The molecule has 1 aromatic rings. The van der Waals surface area contributed by atoms with Gasteiger partial charge in [0, 0.05) is 4.47 Å². The van der Waals surface area contributed by atoms with E-state index in [4.69, 9.17) is 10.8 Å². The van der Waals surface area contributed by atoms with Crippen molar-refractivity contribution >= 4 is 21.9 Å². The minimum Gasteiger partial charge on any atom is -0.465 e. The molecule has 1 rings (SSSR count). The number of ether oxygens (including phenoxy) is 1. The van der Waals surface area contributed by atoms with Gasteiger partial charge in [-0.1, -0.05) is 22.0 Å². The largest absolute Gasteiger partial charge is 0.465 e. The zero-order chi connectivity index (χ0) is 11.4. The van der Waals surface area contributed by atoms with Crippen LogP contribution in [-0.4, -0.2) is 24.8 Å². The second kappa shape index (κ2) is 5.25. The van der Waals surface area contributed by atoms with Gasteiger partial charge in [0.2, 0.25) is 0 Å². The molecule has 82 valence electrons. The number of rotatable bonds is 3. The molecule has 0 spiro atoms. The van der Waals surface area contributed by atoms with Crippen LogP contribution in [0.4, 0.5) is 0 Å². The molecule has 0 aliphatic carbocycles. The lowest BCUT2D eigenvalue weighted by atomic mass is 10.1. The van der Waals surface area contributed by atoms with Crippen LogP contribution in [0.2, 0.25) is 0 Å². The third kappa shape index (κ3) is 2.77. The van der Waals surface area contributed by atoms with E-state index in [0.717, 1.165) is 5.56 Å². The van der Waals surface area contributed by atoms with E-state index >= 15 is 0 Å². The third-order valence-electron chi connectivity index (χ3n) is 2.02.